The minimum absolute atomic E-state index is 0.234. The molecule has 6 heteroatoms. The molecule has 0 aliphatic rings. The summed E-state index contributed by atoms with van der Waals surface area (Å²) in [5.41, 5.74) is 3.09. The summed E-state index contributed by atoms with van der Waals surface area (Å²) in [5.74, 6) is 0.207. The van der Waals surface area contributed by atoms with Crippen LogP contribution in [0, 0.1) is 0 Å². The lowest BCUT2D eigenvalue weighted by Gasteiger charge is -2.04. The Morgan fingerprint density at radius 1 is 1.08 bits per heavy atom. The Morgan fingerprint density at radius 2 is 1.96 bits per heavy atom. The second-order valence-electron chi connectivity index (χ2n) is 5.38. The third-order valence-electron chi connectivity index (χ3n) is 3.67. The van der Waals surface area contributed by atoms with E-state index in [0.29, 0.717) is 33.3 Å². The maximum atomic E-state index is 12.2. The molecule has 2 heterocycles. The van der Waals surface area contributed by atoms with Crippen molar-refractivity contribution in [2.45, 2.75) is 0 Å². The number of oxazole rings is 1. The topological polar surface area (TPSA) is 68.0 Å². The smallest absolute Gasteiger partial charge is 0.257 e. The van der Waals surface area contributed by atoms with Gasteiger partial charge in [0.2, 0.25) is 5.89 Å². The number of carbonyl (C=O) groups is 1. The molecule has 2 aromatic heterocycles. The summed E-state index contributed by atoms with van der Waals surface area (Å²) in [6, 6.07) is 16.0. The van der Waals surface area contributed by atoms with Crippen molar-refractivity contribution in [1.29, 1.82) is 0 Å². The van der Waals surface area contributed by atoms with Crippen molar-refractivity contribution in [3.05, 3.63) is 77.6 Å². The van der Waals surface area contributed by atoms with Crippen molar-refractivity contribution in [3.8, 4) is 11.5 Å². The minimum Gasteiger partial charge on any atom is -0.436 e. The molecule has 0 aliphatic heterocycles. The predicted molar refractivity (Wildman–Crippen MR) is 96.6 cm³/mol. The minimum atomic E-state index is -0.234. The van der Waals surface area contributed by atoms with Crippen LogP contribution in [0.15, 0.2) is 71.4 Å². The number of rotatable bonds is 3. The van der Waals surface area contributed by atoms with E-state index >= 15 is 0 Å². The van der Waals surface area contributed by atoms with Crippen molar-refractivity contribution in [3.63, 3.8) is 0 Å². The standard InChI is InChI=1S/C19H12ClN3O2/c20-15-6-2-1-5-14(15)19-23-16-10-13(7-8-17(16)25-19)22-18(24)12-4-3-9-21-11-12/h1-11H,(H,22,24). The Morgan fingerprint density at radius 3 is 2.76 bits per heavy atom. The maximum Gasteiger partial charge on any atom is 0.257 e. The highest BCUT2D eigenvalue weighted by Crippen LogP contribution is 2.30. The molecule has 122 valence electrons. The number of hydrogen-bond acceptors (Lipinski definition) is 4. The van der Waals surface area contributed by atoms with E-state index in [1.807, 2.05) is 18.2 Å². The van der Waals surface area contributed by atoms with Crippen LogP contribution in [0.25, 0.3) is 22.6 Å². The van der Waals surface area contributed by atoms with Crippen LogP contribution >= 0.6 is 11.6 Å². The Kier molecular flexibility index (Phi) is 3.91. The van der Waals surface area contributed by atoms with Crippen LogP contribution in [-0.4, -0.2) is 15.9 Å². The van der Waals surface area contributed by atoms with Crippen molar-refractivity contribution < 1.29 is 9.21 Å². The molecule has 0 saturated carbocycles. The first kappa shape index (κ1) is 15.4. The fraction of sp³-hybridized carbons (Fsp3) is 0. The van der Waals surface area contributed by atoms with Crippen LogP contribution in [0.4, 0.5) is 5.69 Å². The van der Waals surface area contributed by atoms with Gasteiger partial charge in [-0.25, -0.2) is 4.98 Å². The number of nitrogens with one attached hydrogen (secondary N) is 1. The predicted octanol–water partition coefficient (Wildman–Crippen LogP) is 4.80. The van der Waals surface area contributed by atoms with Gasteiger partial charge in [-0.1, -0.05) is 23.7 Å². The zero-order chi connectivity index (χ0) is 17.2. The third kappa shape index (κ3) is 3.09. The molecule has 25 heavy (non-hydrogen) atoms. The lowest BCUT2D eigenvalue weighted by molar-refractivity contribution is 0.102. The van der Waals surface area contributed by atoms with E-state index in [2.05, 4.69) is 15.3 Å². The Balaban J connectivity index is 1.65. The molecule has 5 nitrogen and oxygen atoms in total. The SMILES string of the molecule is O=C(Nc1ccc2oc(-c3ccccc3Cl)nc2c1)c1cccnc1. The van der Waals surface area contributed by atoms with Crippen molar-refractivity contribution in [1.82, 2.24) is 9.97 Å². The fourth-order valence-electron chi connectivity index (χ4n) is 2.46. The second kappa shape index (κ2) is 6.37. The molecule has 2 aromatic carbocycles. The van der Waals surface area contributed by atoms with Crippen molar-refractivity contribution in [2.75, 3.05) is 5.32 Å². The molecule has 0 unspecified atom stereocenters. The number of carbonyl (C=O) groups excluding carboxylic acids is 1. The summed E-state index contributed by atoms with van der Waals surface area (Å²) in [4.78, 5) is 20.6. The van der Waals surface area contributed by atoms with E-state index in [1.165, 1.54) is 6.20 Å². The molecular formula is C19H12ClN3O2. The van der Waals surface area contributed by atoms with E-state index in [9.17, 15) is 4.79 Å². The quantitative estimate of drug-likeness (QED) is 0.577. The number of nitrogens with zero attached hydrogens (tertiary/aromatic N) is 2. The zero-order valence-corrected chi connectivity index (χ0v) is 13.7. The molecule has 1 N–H and O–H groups in total. The highest BCUT2D eigenvalue weighted by atomic mass is 35.5. The lowest BCUT2D eigenvalue weighted by Crippen LogP contribution is -2.11. The Bertz CT molecular complexity index is 1060. The van der Waals surface area contributed by atoms with Gasteiger partial charge in [0.15, 0.2) is 5.58 Å². The average molecular weight is 350 g/mol. The highest BCUT2D eigenvalue weighted by molar-refractivity contribution is 6.33. The van der Waals surface area contributed by atoms with Gasteiger partial charge in [-0.15, -0.1) is 0 Å². The molecule has 0 radical (unpaired) electrons. The van der Waals surface area contributed by atoms with Gasteiger partial charge in [0.25, 0.3) is 5.91 Å². The van der Waals surface area contributed by atoms with Crippen molar-refractivity contribution >= 4 is 34.3 Å². The molecule has 0 spiro atoms. The van der Waals surface area contributed by atoms with Gasteiger partial charge in [0.05, 0.1) is 16.1 Å². The van der Waals surface area contributed by atoms with Crippen LogP contribution in [0.2, 0.25) is 5.02 Å². The first-order valence-electron chi connectivity index (χ1n) is 7.57. The van der Waals surface area contributed by atoms with Gasteiger partial charge in [0.1, 0.15) is 5.52 Å². The first-order chi connectivity index (χ1) is 12.2. The number of fused-ring (bicyclic) bond motifs is 1. The number of anilines is 1. The van der Waals surface area contributed by atoms with Crippen LogP contribution in [0.1, 0.15) is 10.4 Å². The van der Waals surface area contributed by atoms with Gasteiger partial charge in [-0.05, 0) is 42.5 Å². The summed E-state index contributed by atoms with van der Waals surface area (Å²) in [7, 11) is 0. The molecule has 0 fully saturated rings. The molecule has 4 rings (SSSR count). The molecule has 4 aromatic rings. The van der Waals surface area contributed by atoms with Gasteiger partial charge in [-0.2, -0.15) is 0 Å². The van der Waals surface area contributed by atoms with E-state index < -0.39 is 0 Å². The summed E-state index contributed by atoms with van der Waals surface area (Å²) in [6.45, 7) is 0. The number of amides is 1. The molecule has 0 aliphatic carbocycles. The van der Waals surface area contributed by atoms with E-state index in [-0.39, 0.29) is 5.91 Å². The summed E-state index contributed by atoms with van der Waals surface area (Å²) < 4.78 is 5.76. The highest BCUT2D eigenvalue weighted by Gasteiger charge is 2.12. The van der Waals surface area contributed by atoms with Gasteiger partial charge >= 0.3 is 0 Å². The van der Waals surface area contributed by atoms with Crippen molar-refractivity contribution in [2.24, 2.45) is 0 Å². The van der Waals surface area contributed by atoms with Crippen LogP contribution < -0.4 is 5.32 Å². The zero-order valence-electron chi connectivity index (χ0n) is 12.9. The molecule has 0 atom stereocenters. The van der Waals surface area contributed by atoms with Crippen LogP contribution in [-0.2, 0) is 0 Å². The number of hydrogen-bond donors (Lipinski definition) is 1. The number of halogens is 1. The monoisotopic (exact) mass is 349 g/mol. The Labute approximate surface area is 148 Å². The normalized spacial score (nSPS) is 10.8. The lowest BCUT2D eigenvalue weighted by atomic mass is 10.2. The van der Waals surface area contributed by atoms with Gasteiger partial charge in [0, 0.05) is 18.1 Å². The average Bonchev–Trinajstić information content (AvgIpc) is 3.06. The summed E-state index contributed by atoms with van der Waals surface area (Å²) in [6.07, 6.45) is 3.13. The van der Waals surface area contributed by atoms with Crippen LogP contribution in [0.5, 0.6) is 0 Å². The largest absolute Gasteiger partial charge is 0.436 e. The Hall–Kier alpha value is -3.18. The summed E-state index contributed by atoms with van der Waals surface area (Å²) in [5, 5.41) is 3.39. The number of pyridine rings is 1. The summed E-state index contributed by atoms with van der Waals surface area (Å²) >= 11 is 6.19. The number of benzene rings is 2. The molecule has 0 bridgehead atoms. The van der Waals surface area contributed by atoms with Crippen LogP contribution in [0.3, 0.4) is 0 Å². The van der Waals surface area contributed by atoms with Gasteiger partial charge < -0.3 is 9.73 Å². The van der Waals surface area contributed by atoms with Gasteiger partial charge in [-0.3, -0.25) is 9.78 Å². The second-order valence-corrected chi connectivity index (χ2v) is 5.78. The van der Waals surface area contributed by atoms with E-state index in [4.69, 9.17) is 16.0 Å². The molecular weight excluding hydrogens is 338 g/mol. The maximum absolute atomic E-state index is 12.2. The number of aromatic nitrogens is 2. The first-order valence-corrected chi connectivity index (χ1v) is 7.95. The molecule has 1 amide bonds. The van der Waals surface area contributed by atoms with E-state index in [0.717, 1.165) is 5.56 Å². The molecule has 0 saturated heterocycles. The fourth-order valence-corrected chi connectivity index (χ4v) is 2.67. The van der Waals surface area contributed by atoms with E-state index in [1.54, 1.807) is 42.6 Å². The third-order valence-corrected chi connectivity index (χ3v) is 4.00.